The molecular formula is C15H15NO3S. The summed E-state index contributed by atoms with van der Waals surface area (Å²) in [4.78, 5) is 2.70. The molecule has 2 atom stereocenters. The Morgan fingerprint density at radius 3 is 2.80 bits per heavy atom. The van der Waals surface area contributed by atoms with Crippen molar-refractivity contribution >= 4 is 9.84 Å². The molecule has 2 aliphatic heterocycles. The zero-order chi connectivity index (χ0) is 13.7. The molecule has 0 saturated carbocycles. The summed E-state index contributed by atoms with van der Waals surface area (Å²) >= 11 is 0. The Balaban J connectivity index is 1.66. The number of furan rings is 1. The fourth-order valence-electron chi connectivity index (χ4n) is 3.43. The van der Waals surface area contributed by atoms with Crippen LogP contribution >= 0.6 is 0 Å². The van der Waals surface area contributed by atoms with Crippen LogP contribution in [-0.2, 0) is 16.4 Å². The van der Waals surface area contributed by atoms with Crippen molar-refractivity contribution < 1.29 is 12.8 Å². The minimum Gasteiger partial charge on any atom is -0.468 e. The molecule has 0 amide bonds. The standard InChI is InChI=1S/C15H15NO3S/c17-20(18)14-6-2-1-5-12(14)13-9-16(10-15(13)20)8-11-4-3-7-19-11/h1-7,13,15H,8-10H2/t13-,15+/m1/s1. The van der Waals surface area contributed by atoms with Crippen LogP contribution in [0.15, 0.2) is 52.0 Å². The molecule has 104 valence electrons. The molecule has 1 saturated heterocycles. The monoisotopic (exact) mass is 289 g/mol. The molecule has 5 heteroatoms. The van der Waals surface area contributed by atoms with Gasteiger partial charge in [0.2, 0.25) is 0 Å². The number of rotatable bonds is 2. The summed E-state index contributed by atoms with van der Waals surface area (Å²) in [6.45, 7) is 2.04. The van der Waals surface area contributed by atoms with Gasteiger partial charge in [0.15, 0.2) is 9.84 Å². The van der Waals surface area contributed by atoms with Crippen molar-refractivity contribution in [2.24, 2.45) is 0 Å². The molecule has 0 N–H and O–H groups in total. The number of likely N-dealkylation sites (tertiary alicyclic amines) is 1. The molecular weight excluding hydrogens is 274 g/mol. The lowest BCUT2D eigenvalue weighted by atomic mass is 9.99. The summed E-state index contributed by atoms with van der Waals surface area (Å²) in [5.74, 6) is 0.988. The summed E-state index contributed by atoms with van der Waals surface area (Å²) in [6, 6.07) is 11.2. The van der Waals surface area contributed by atoms with Gasteiger partial charge < -0.3 is 4.42 Å². The first-order valence-electron chi connectivity index (χ1n) is 6.74. The first-order chi connectivity index (χ1) is 9.66. The number of hydrogen-bond acceptors (Lipinski definition) is 4. The van der Waals surface area contributed by atoms with Crippen LogP contribution in [0, 0.1) is 0 Å². The number of sulfone groups is 1. The van der Waals surface area contributed by atoms with Gasteiger partial charge in [0.1, 0.15) is 5.76 Å². The van der Waals surface area contributed by atoms with Crippen LogP contribution < -0.4 is 0 Å². The Bertz CT molecular complexity index is 736. The molecule has 0 bridgehead atoms. The third kappa shape index (κ3) is 1.66. The van der Waals surface area contributed by atoms with E-state index >= 15 is 0 Å². The number of benzene rings is 1. The lowest BCUT2D eigenvalue weighted by Crippen LogP contribution is -2.25. The van der Waals surface area contributed by atoms with Gasteiger partial charge in [-0.2, -0.15) is 0 Å². The zero-order valence-corrected chi connectivity index (χ0v) is 11.7. The van der Waals surface area contributed by atoms with Gasteiger partial charge in [-0.1, -0.05) is 18.2 Å². The van der Waals surface area contributed by atoms with Crippen LogP contribution in [0.5, 0.6) is 0 Å². The van der Waals surface area contributed by atoms with E-state index in [1.54, 1.807) is 18.4 Å². The maximum absolute atomic E-state index is 12.6. The highest BCUT2D eigenvalue weighted by atomic mass is 32.2. The highest BCUT2D eigenvalue weighted by Crippen LogP contribution is 2.44. The SMILES string of the molecule is O=S1(=O)c2ccccc2[C@H]2CN(Cc3ccco3)C[C@@H]21. The number of fused-ring (bicyclic) bond motifs is 3. The van der Waals surface area contributed by atoms with E-state index in [0.717, 1.165) is 17.9 Å². The van der Waals surface area contributed by atoms with E-state index in [4.69, 9.17) is 4.42 Å². The summed E-state index contributed by atoms with van der Waals surface area (Å²) < 4.78 is 30.5. The van der Waals surface area contributed by atoms with Crippen LogP contribution in [0.2, 0.25) is 0 Å². The van der Waals surface area contributed by atoms with Gasteiger partial charge in [-0.15, -0.1) is 0 Å². The third-order valence-corrected chi connectivity index (χ3v) is 6.58. The molecule has 0 radical (unpaired) electrons. The van der Waals surface area contributed by atoms with Crippen LogP contribution in [0.4, 0.5) is 0 Å². The number of nitrogens with zero attached hydrogens (tertiary/aromatic N) is 1. The fourth-order valence-corrected chi connectivity index (χ4v) is 5.64. The largest absolute Gasteiger partial charge is 0.468 e. The molecule has 0 aliphatic carbocycles. The van der Waals surface area contributed by atoms with Gasteiger partial charge in [-0.05, 0) is 23.8 Å². The number of hydrogen-bond donors (Lipinski definition) is 0. The molecule has 3 heterocycles. The van der Waals surface area contributed by atoms with Crippen LogP contribution in [0.3, 0.4) is 0 Å². The van der Waals surface area contributed by atoms with E-state index in [9.17, 15) is 8.42 Å². The quantitative estimate of drug-likeness (QED) is 0.849. The van der Waals surface area contributed by atoms with Gasteiger partial charge in [0.25, 0.3) is 0 Å². The Morgan fingerprint density at radius 1 is 1.15 bits per heavy atom. The molecule has 1 fully saturated rings. The lowest BCUT2D eigenvalue weighted by Gasteiger charge is -2.15. The smallest absolute Gasteiger partial charge is 0.183 e. The zero-order valence-electron chi connectivity index (χ0n) is 10.9. The van der Waals surface area contributed by atoms with Crippen LogP contribution in [-0.4, -0.2) is 31.7 Å². The highest BCUT2D eigenvalue weighted by molar-refractivity contribution is 7.92. The van der Waals surface area contributed by atoms with Crippen molar-refractivity contribution in [2.45, 2.75) is 22.6 Å². The third-order valence-electron chi connectivity index (χ3n) is 4.32. The predicted molar refractivity (Wildman–Crippen MR) is 74.1 cm³/mol. The second-order valence-electron chi connectivity index (χ2n) is 5.50. The minimum absolute atomic E-state index is 0.103. The molecule has 2 aromatic rings. The molecule has 0 unspecified atom stereocenters. The fraction of sp³-hybridized carbons (Fsp3) is 0.333. The maximum atomic E-state index is 12.6. The van der Waals surface area contributed by atoms with E-state index in [1.807, 2.05) is 24.3 Å². The molecule has 1 aromatic heterocycles. The summed E-state index contributed by atoms with van der Waals surface area (Å²) in [5.41, 5.74) is 0.986. The molecule has 4 nitrogen and oxygen atoms in total. The molecule has 1 aromatic carbocycles. The van der Waals surface area contributed by atoms with Crippen molar-refractivity contribution in [1.82, 2.24) is 4.90 Å². The predicted octanol–water partition coefficient (Wildman–Crippen LogP) is 2.03. The van der Waals surface area contributed by atoms with E-state index in [0.29, 0.717) is 18.0 Å². The Kier molecular flexibility index (Phi) is 2.56. The van der Waals surface area contributed by atoms with Gasteiger partial charge in [0, 0.05) is 19.0 Å². The van der Waals surface area contributed by atoms with E-state index in [-0.39, 0.29) is 11.2 Å². The van der Waals surface area contributed by atoms with Crippen molar-refractivity contribution in [3.05, 3.63) is 54.0 Å². The molecule has 4 rings (SSSR count). The molecule has 20 heavy (non-hydrogen) atoms. The van der Waals surface area contributed by atoms with Crippen molar-refractivity contribution in [2.75, 3.05) is 13.1 Å². The topological polar surface area (TPSA) is 50.5 Å². The second-order valence-corrected chi connectivity index (χ2v) is 7.64. The average molecular weight is 289 g/mol. The average Bonchev–Trinajstić information content (AvgIpc) is 3.12. The van der Waals surface area contributed by atoms with Crippen LogP contribution in [0.1, 0.15) is 17.2 Å². The van der Waals surface area contributed by atoms with E-state index in [2.05, 4.69) is 4.90 Å². The van der Waals surface area contributed by atoms with Gasteiger partial charge in [-0.25, -0.2) is 8.42 Å². The van der Waals surface area contributed by atoms with E-state index in [1.165, 1.54) is 0 Å². The first kappa shape index (κ1) is 12.2. The van der Waals surface area contributed by atoms with Gasteiger partial charge >= 0.3 is 0 Å². The summed E-state index contributed by atoms with van der Waals surface area (Å²) in [5, 5.41) is -0.296. The summed E-state index contributed by atoms with van der Waals surface area (Å²) in [6.07, 6.45) is 1.65. The Labute approximate surface area is 117 Å². The maximum Gasteiger partial charge on any atom is 0.183 e. The normalized spacial score (nSPS) is 27.4. The lowest BCUT2D eigenvalue weighted by molar-refractivity contribution is 0.293. The Hall–Kier alpha value is -1.59. The van der Waals surface area contributed by atoms with Crippen molar-refractivity contribution in [1.29, 1.82) is 0 Å². The highest BCUT2D eigenvalue weighted by Gasteiger charge is 2.49. The molecule has 2 aliphatic rings. The minimum atomic E-state index is -3.17. The van der Waals surface area contributed by atoms with Crippen molar-refractivity contribution in [3.63, 3.8) is 0 Å². The van der Waals surface area contributed by atoms with Crippen LogP contribution in [0.25, 0.3) is 0 Å². The molecule has 0 spiro atoms. The van der Waals surface area contributed by atoms with E-state index < -0.39 is 9.84 Å². The Morgan fingerprint density at radius 2 is 2.00 bits per heavy atom. The second kappa shape index (κ2) is 4.20. The van der Waals surface area contributed by atoms with Crippen molar-refractivity contribution in [3.8, 4) is 0 Å². The van der Waals surface area contributed by atoms with Gasteiger partial charge in [-0.3, -0.25) is 4.90 Å². The first-order valence-corrected chi connectivity index (χ1v) is 8.28. The van der Waals surface area contributed by atoms with Gasteiger partial charge in [0.05, 0.1) is 23.0 Å². The summed E-state index contributed by atoms with van der Waals surface area (Å²) in [7, 11) is -3.17.